The molecule has 3 nitrogen and oxygen atoms in total. The minimum Gasteiger partial charge on any atom is -0.377 e. The molecular formula is C13H14Cl2N2O. The van der Waals surface area contributed by atoms with Crippen molar-refractivity contribution in [2.75, 3.05) is 13.2 Å². The maximum atomic E-state index is 9.21. The smallest absolute Gasteiger partial charge is 0.122 e. The molecule has 1 saturated heterocycles. The van der Waals surface area contributed by atoms with E-state index in [9.17, 15) is 5.26 Å². The first kappa shape index (κ1) is 13.6. The minimum absolute atomic E-state index is 0.193. The van der Waals surface area contributed by atoms with Gasteiger partial charge in [0, 0.05) is 18.7 Å². The molecule has 0 radical (unpaired) electrons. The highest BCUT2D eigenvalue weighted by molar-refractivity contribution is 6.42. The van der Waals surface area contributed by atoms with Crippen molar-refractivity contribution in [2.45, 2.75) is 25.0 Å². The lowest BCUT2D eigenvalue weighted by atomic mass is 10.1. The molecule has 1 aromatic rings. The fourth-order valence-electron chi connectivity index (χ4n) is 2.02. The Kier molecular flexibility index (Phi) is 4.85. The van der Waals surface area contributed by atoms with Crippen LogP contribution in [0.1, 0.15) is 24.4 Å². The van der Waals surface area contributed by atoms with Crippen LogP contribution in [0.2, 0.25) is 10.0 Å². The van der Waals surface area contributed by atoms with Gasteiger partial charge < -0.3 is 4.74 Å². The Hall–Kier alpha value is -0.790. The zero-order valence-corrected chi connectivity index (χ0v) is 11.3. The van der Waals surface area contributed by atoms with Gasteiger partial charge in [-0.25, -0.2) is 0 Å². The molecule has 1 heterocycles. The standard InChI is InChI=1S/C13H14Cl2N2O/c14-11-5-1-4-10(13(11)15)12(7-16)17-8-9-3-2-6-18-9/h1,4-5,9,12,17H,2-3,6,8H2. The van der Waals surface area contributed by atoms with E-state index in [1.165, 1.54) is 0 Å². The van der Waals surface area contributed by atoms with Gasteiger partial charge in [-0.3, -0.25) is 5.32 Å². The summed E-state index contributed by atoms with van der Waals surface area (Å²) < 4.78 is 5.51. The van der Waals surface area contributed by atoms with Crippen LogP contribution in [-0.4, -0.2) is 19.3 Å². The molecule has 0 aliphatic carbocycles. The van der Waals surface area contributed by atoms with Crippen LogP contribution in [0.15, 0.2) is 18.2 Å². The van der Waals surface area contributed by atoms with Gasteiger partial charge >= 0.3 is 0 Å². The Morgan fingerprint density at radius 3 is 3.00 bits per heavy atom. The molecule has 96 valence electrons. The predicted molar refractivity (Wildman–Crippen MR) is 71.8 cm³/mol. The van der Waals surface area contributed by atoms with Gasteiger partial charge in [0.25, 0.3) is 0 Å². The summed E-state index contributed by atoms with van der Waals surface area (Å²) in [5.74, 6) is 0. The highest BCUT2D eigenvalue weighted by Crippen LogP contribution is 2.29. The number of benzene rings is 1. The summed E-state index contributed by atoms with van der Waals surface area (Å²) in [6.45, 7) is 1.46. The number of nitrogens with zero attached hydrogens (tertiary/aromatic N) is 1. The number of hydrogen-bond acceptors (Lipinski definition) is 3. The number of halogens is 2. The van der Waals surface area contributed by atoms with Gasteiger partial charge in [0.15, 0.2) is 0 Å². The van der Waals surface area contributed by atoms with Crippen LogP contribution in [0.4, 0.5) is 0 Å². The van der Waals surface area contributed by atoms with Crippen molar-refractivity contribution in [3.8, 4) is 6.07 Å². The summed E-state index contributed by atoms with van der Waals surface area (Å²) in [4.78, 5) is 0. The average Bonchev–Trinajstić information content (AvgIpc) is 2.88. The SMILES string of the molecule is N#CC(NCC1CCCO1)c1cccc(Cl)c1Cl. The van der Waals surface area contributed by atoms with Crippen LogP contribution in [0.3, 0.4) is 0 Å². The van der Waals surface area contributed by atoms with Gasteiger partial charge in [0.2, 0.25) is 0 Å². The number of ether oxygens (including phenoxy) is 1. The second-order valence-corrected chi connectivity index (χ2v) is 5.03. The summed E-state index contributed by atoms with van der Waals surface area (Å²) in [5, 5.41) is 13.3. The monoisotopic (exact) mass is 284 g/mol. The molecule has 5 heteroatoms. The Morgan fingerprint density at radius 1 is 1.50 bits per heavy atom. The van der Waals surface area contributed by atoms with Gasteiger partial charge in [0.1, 0.15) is 6.04 Å². The van der Waals surface area contributed by atoms with E-state index in [0.717, 1.165) is 19.4 Å². The van der Waals surface area contributed by atoms with Gasteiger partial charge in [-0.1, -0.05) is 35.3 Å². The third-order valence-electron chi connectivity index (χ3n) is 3.00. The topological polar surface area (TPSA) is 45.0 Å². The predicted octanol–water partition coefficient (Wildman–Crippen LogP) is 3.33. The third kappa shape index (κ3) is 3.15. The third-order valence-corrected chi connectivity index (χ3v) is 3.83. The Labute approximate surface area is 117 Å². The lowest BCUT2D eigenvalue weighted by molar-refractivity contribution is 0.109. The Balaban J connectivity index is 2.03. The van der Waals surface area contributed by atoms with Gasteiger partial charge in [0.05, 0.1) is 22.2 Å². The molecule has 1 aromatic carbocycles. The van der Waals surface area contributed by atoms with Crippen LogP contribution >= 0.6 is 23.2 Å². The largest absolute Gasteiger partial charge is 0.377 e. The van der Waals surface area contributed by atoms with Gasteiger partial charge in [-0.2, -0.15) is 5.26 Å². The van der Waals surface area contributed by atoms with Crippen LogP contribution < -0.4 is 5.32 Å². The second kappa shape index (κ2) is 6.40. The van der Waals surface area contributed by atoms with E-state index in [-0.39, 0.29) is 6.10 Å². The van der Waals surface area contributed by atoms with Crippen molar-refractivity contribution >= 4 is 23.2 Å². The van der Waals surface area contributed by atoms with Crippen molar-refractivity contribution in [1.29, 1.82) is 5.26 Å². The summed E-state index contributed by atoms with van der Waals surface area (Å²) in [6, 6.07) is 7.06. The average molecular weight is 285 g/mol. The molecule has 0 spiro atoms. The number of hydrogen-bond donors (Lipinski definition) is 1. The van der Waals surface area contributed by atoms with Crippen molar-refractivity contribution in [1.82, 2.24) is 5.32 Å². The van der Waals surface area contributed by atoms with Gasteiger partial charge in [-0.05, 0) is 18.9 Å². The molecular weight excluding hydrogens is 271 g/mol. The zero-order valence-electron chi connectivity index (χ0n) is 9.83. The highest BCUT2D eigenvalue weighted by Gasteiger charge is 2.20. The molecule has 18 heavy (non-hydrogen) atoms. The molecule has 0 aromatic heterocycles. The molecule has 1 aliphatic rings. The number of nitriles is 1. The van der Waals surface area contributed by atoms with Crippen molar-refractivity contribution < 1.29 is 4.74 Å². The molecule has 1 aliphatic heterocycles. The molecule has 0 saturated carbocycles. The van der Waals surface area contributed by atoms with Crippen LogP contribution in [-0.2, 0) is 4.74 Å². The molecule has 1 N–H and O–H groups in total. The highest BCUT2D eigenvalue weighted by atomic mass is 35.5. The fourth-order valence-corrected chi connectivity index (χ4v) is 2.44. The van der Waals surface area contributed by atoms with E-state index in [4.69, 9.17) is 27.9 Å². The van der Waals surface area contributed by atoms with Crippen LogP contribution in [0.5, 0.6) is 0 Å². The summed E-state index contributed by atoms with van der Waals surface area (Å²) >= 11 is 12.1. The van der Waals surface area contributed by atoms with E-state index in [1.54, 1.807) is 12.1 Å². The molecule has 2 atom stereocenters. The van der Waals surface area contributed by atoms with Crippen molar-refractivity contribution in [3.05, 3.63) is 33.8 Å². The molecule has 0 bridgehead atoms. The van der Waals surface area contributed by atoms with Crippen molar-refractivity contribution in [2.24, 2.45) is 0 Å². The summed E-state index contributed by atoms with van der Waals surface area (Å²) in [5.41, 5.74) is 0.713. The number of nitrogens with one attached hydrogen (secondary N) is 1. The fraction of sp³-hybridized carbons (Fsp3) is 0.462. The summed E-state index contributed by atoms with van der Waals surface area (Å²) in [7, 11) is 0. The van der Waals surface area contributed by atoms with Crippen LogP contribution in [0.25, 0.3) is 0 Å². The van der Waals surface area contributed by atoms with E-state index < -0.39 is 6.04 Å². The Morgan fingerprint density at radius 2 is 2.33 bits per heavy atom. The van der Waals surface area contributed by atoms with E-state index >= 15 is 0 Å². The Bertz CT molecular complexity index is 453. The van der Waals surface area contributed by atoms with Crippen molar-refractivity contribution in [3.63, 3.8) is 0 Å². The molecule has 2 rings (SSSR count). The minimum atomic E-state index is -0.458. The number of rotatable bonds is 4. The first-order chi connectivity index (χ1) is 8.72. The first-order valence-electron chi connectivity index (χ1n) is 5.91. The zero-order chi connectivity index (χ0) is 13.0. The van der Waals surface area contributed by atoms with E-state index in [0.29, 0.717) is 22.2 Å². The van der Waals surface area contributed by atoms with E-state index in [1.807, 2.05) is 6.07 Å². The summed E-state index contributed by atoms with van der Waals surface area (Å²) in [6.07, 6.45) is 2.31. The maximum Gasteiger partial charge on any atom is 0.122 e. The second-order valence-electron chi connectivity index (χ2n) is 4.25. The first-order valence-corrected chi connectivity index (χ1v) is 6.66. The molecule has 1 fully saturated rings. The quantitative estimate of drug-likeness (QED) is 0.923. The lowest BCUT2D eigenvalue weighted by Crippen LogP contribution is -2.29. The lowest BCUT2D eigenvalue weighted by Gasteiger charge is -2.16. The van der Waals surface area contributed by atoms with Gasteiger partial charge in [-0.15, -0.1) is 0 Å². The van der Waals surface area contributed by atoms with Crippen LogP contribution in [0, 0.1) is 11.3 Å². The normalized spacial score (nSPS) is 20.6. The molecule has 0 amide bonds. The maximum absolute atomic E-state index is 9.21. The molecule has 2 unspecified atom stereocenters. The van der Waals surface area contributed by atoms with E-state index in [2.05, 4.69) is 11.4 Å².